The molecule has 1 aliphatic carbocycles. The first-order chi connectivity index (χ1) is 10.3. The number of aryl methyl sites for hydroxylation is 1. The fraction of sp³-hybridized carbons (Fsp3) is 0.353. The Morgan fingerprint density at radius 2 is 1.90 bits per heavy atom. The molecular weight excluding hydrogens is 260 g/mol. The highest BCUT2D eigenvalue weighted by Crippen LogP contribution is 2.27. The highest BCUT2D eigenvalue weighted by molar-refractivity contribution is 5.49. The molecule has 4 heteroatoms. The Morgan fingerprint density at radius 3 is 2.67 bits per heavy atom. The SMILES string of the molecule is CC(Nc1ncnc2c1CCCC2)c1ccc(C#N)cc1. The summed E-state index contributed by atoms with van der Waals surface area (Å²) < 4.78 is 0. The van der Waals surface area contributed by atoms with Crippen LogP contribution in [0.1, 0.15) is 48.2 Å². The third-order valence-corrected chi connectivity index (χ3v) is 4.02. The van der Waals surface area contributed by atoms with Gasteiger partial charge in [-0.25, -0.2) is 9.97 Å². The number of fused-ring (bicyclic) bond motifs is 1. The van der Waals surface area contributed by atoms with E-state index in [0.29, 0.717) is 5.56 Å². The monoisotopic (exact) mass is 278 g/mol. The molecule has 1 heterocycles. The molecule has 1 N–H and O–H groups in total. The summed E-state index contributed by atoms with van der Waals surface area (Å²) in [5.74, 6) is 0.955. The predicted molar refractivity (Wildman–Crippen MR) is 81.9 cm³/mol. The molecule has 106 valence electrons. The number of nitrogens with one attached hydrogen (secondary N) is 1. The number of hydrogen-bond donors (Lipinski definition) is 1. The molecule has 1 atom stereocenters. The van der Waals surface area contributed by atoms with Gasteiger partial charge in [-0.1, -0.05) is 12.1 Å². The number of anilines is 1. The van der Waals surface area contributed by atoms with E-state index in [1.165, 1.54) is 24.1 Å². The van der Waals surface area contributed by atoms with Crippen LogP contribution >= 0.6 is 0 Å². The Labute approximate surface area is 124 Å². The number of aromatic nitrogens is 2. The van der Waals surface area contributed by atoms with Gasteiger partial charge in [0.05, 0.1) is 11.6 Å². The van der Waals surface area contributed by atoms with Crippen LogP contribution in [-0.4, -0.2) is 9.97 Å². The van der Waals surface area contributed by atoms with Crippen molar-refractivity contribution in [3.05, 3.63) is 53.0 Å². The molecule has 0 aliphatic heterocycles. The van der Waals surface area contributed by atoms with Crippen molar-refractivity contribution in [3.63, 3.8) is 0 Å². The summed E-state index contributed by atoms with van der Waals surface area (Å²) in [5.41, 5.74) is 4.29. The molecule has 0 bridgehead atoms. The Bertz CT molecular complexity index is 670. The Hall–Kier alpha value is -2.41. The Balaban J connectivity index is 1.81. The summed E-state index contributed by atoms with van der Waals surface area (Å²) in [5, 5.41) is 12.3. The Morgan fingerprint density at radius 1 is 1.14 bits per heavy atom. The number of nitriles is 1. The molecule has 0 amide bonds. The van der Waals surface area contributed by atoms with Gasteiger partial charge < -0.3 is 5.32 Å². The Kier molecular flexibility index (Phi) is 3.83. The average molecular weight is 278 g/mol. The normalized spacial score (nSPS) is 14.9. The van der Waals surface area contributed by atoms with E-state index in [1.54, 1.807) is 6.33 Å². The smallest absolute Gasteiger partial charge is 0.133 e. The van der Waals surface area contributed by atoms with Gasteiger partial charge in [0.15, 0.2) is 0 Å². The molecule has 21 heavy (non-hydrogen) atoms. The van der Waals surface area contributed by atoms with Gasteiger partial charge in [0.25, 0.3) is 0 Å². The van der Waals surface area contributed by atoms with E-state index in [-0.39, 0.29) is 6.04 Å². The van der Waals surface area contributed by atoms with Crippen LogP contribution in [0.3, 0.4) is 0 Å². The van der Waals surface area contributed by atoms with Gasteiger partial charge in [-0.2, -0.15) is 5.26 Å². The first-order valence-electron chi connectivity index (χ1n) is 7.37. The minimum absolute atomic E-state index is 0.152. The molecule has 1 aromatic heterocycles. The molecule has 2 aromatic rings. The second-order valence-electron chi connectivity index (χ2n) is 5.45. The second-order valence-corrected chi connectivity index (χ2v) is 5.45. The highest BCUT2D eigenvalue weighted by atomic mass is 15.0. The van der Waals surface area contributed by atoms with Crippen molar-refractivity contribution >= 4 is 5.82 Å². The van der Waals surface area contributed by atoms with Crippen LogP contribution in [0, 0.1) is 11.3 Å². The molecule has 0 saturated heterocycles. The second kappa shape index (κ2) is 5.92. The van der Waals surface area contributed by atoms with Crippen molar-refractivity contribution in [3.8, 4) is 6.07 Å². The lowest BCUT2D eigenvalue weighted by Crippen LogP contribution is -2.14. The standard InChI is InChI=1S/C17H18N4/c1-12(14-8-6-13(10-18)7-9-14)21-17-15-4-2-3-5-16(15)19-11-20-17/h6-9,11-12H,2-5H2,1H3,(H,19,20,21). The summed E-state index contributed by atoms with van der Waals surface area (Å²) in [6.45, 7) is 2.11. The molecule has 1 unspecified atom stereocenters. The highest BCUT2D eigenvalue weighted by Gasteiger charge is 2.17. The van der Waals surface area contributed by atoms with Crippen LogP contribution in [0.15, 0.2) is 30.6 Å². The third kappa shape index (κ3) is 2.87. The quantitative estimate of drug-likeness (QED) is 0.934. The van der Waals surface area contributed by atoms with Gasteiger partial charge in [-0.15, -0.1) is 0 Å². The summed E-state index contributed by atoms with van der Waals surface area (Å²) >= 11 is 0. The van der Waals surface area contributed by atoms with Crippen molar-refractivity contribution in [2.75, 3.05) is 5.32 Å². The zero-order valence-corrected chi connectivity index (χ0v) is 12.1. The fourth-order valence-electron chi connectivity index (χ4n) is 2.78. The number of rotatable bonds is 3. The van der Waals surface area contributed by atoms with Gasteiger partial charge in [0.2, 0.25) is 0 Å². The van der Waals surface area contributed by atoms with Crippen molar-refractivity contribution < 1.29 is 0 Å². The molecule has 0 fully saturated rings. The maximum Gasteiger partial charge on any atom is 0.133 e. The average Bonchev–Trinajstić information content (AvgIpc) is 2.55. The third-order valence-electron chi connectivity index (χ3n) is 4.02. The molecule has 3 rings (SSSR count). The van der Waals surface area contributed by atoms with Crippen LogP contribution in [0.2, 0.25) is 0 Å². The first-order valence-corrected chi connectivity index (χ1v) is 7.37. The van der Waals surface area contributed by atoms with Gasteiger partial charge in [0.1, 0.15) is 12.1 Å². The van der Waals surface area contributed by atoms with E-state index in [0.717, 1.165) is 24.2 Å². The minimum atomic E-state index is 0.152. The van der Waals surface area contributed by atoms with Crippen LogP contribution in [0.4, 0.5) is 5.82 Å². The van der Waals surface area contributed by atoms with Crippen LogP contribution in [0.25, 0.3) is 0 Å². The summed E-state index contributed by atoms with van der Waals surface area (Å²) in [6, 6.07) is 9.97. The van der Waals surface area contributed by atoms with Crippen molar-refractivity contribution in [1.82, 2.24) is 9.97 Å². The van der Waals surface area contributed by atoms with E-state index in [9.17, 15) is 0 Å². The van der Waals surface area contributed by atoms with E-state index in [4.69, 9.17) is 5.26 Å². The van der Waals surface area contributed by atoms with E-state index < -0.39 is 0 Å². The van der Waals surface area contributed by atoms with Crippen molar-refractivity contribution in [2.24, 2.45) is 0 Å². The van der Waals surface area contributed by atoms with E-state index >= 15 is 0 Å². The molecular formula is C17H18N4. The van der Waals surface area contributed by atoms with Crippen molar-refractivity contribution in [2.45, 2.75) is 38.6 Å². The van der Waals surface area contributed by atoms with Gasteiger partial charge >= 0.3 is 0 Å². The van der Waals surface area contributed by atoms with Crippen LogP contribution < -0.4 is 5.32 Å². The predicted octanol–water partition coefficient (Wildman–Crippen LogP) is 3.40. The maximum atomic E-state index is 8.85. The zero-order chi connectivity index (χ0) is 14.7. The molecule has 4 nitrogen and oxygen atoms in total. The number of hydrogen-bond acceptors (Lipinski definition) is 4. The summed E-state index contributed by atoms with van der Waals surface area (Å²) in [7, 11) is 0. The maximum absolute atomic E-state index is 8.85. The first kappa shape index (κ1) is 13.6. The lowest BCUT2D eigenvalue weighted by atomic mass is 9.96. The molecule has 0 radical (unpaired) electrons. The molecule has 0 spiro atoms. The van der Waals surface area contributed by atoms with E-state index in [1.807, 2.05) is 24.3 Å². The van der Waals surface area contributed by atoms with E-state index in [2.05, 4.69) is 28.3 Å². The van der Waals surface area contributed by atoms with Gasteiger partial charge in [-0.05, 0) is 50.3 Å². The molecule has 0 saturated carbocycles. The van der Waals surface area contributed by atoms with Crippen molar-refractivity contribution in [1.29, 1.82) is 5.26 Å². The summed E-state index contributed by atoms with van der Waals surface area (Å²) in [4.78, 5) is 8.81. The topological polar surface area (TPSA) is 61.6 Å². The fourth-order valence-corrected chi connectivity index (χ4v) is 2.78. The van der Waals surface area contributed by atoms with Gasteiger partial charge in [-0.3, -0.25) is 0 Å². The number of nitrogens with zero attached hydrogens (tertiary/aromatic N) is 3. The van der Waals surface area contributed by atoms with Crippen LogP contribution in [0.5, 0.6) is 0 Å². The van der Waals surface area contributed by atoms with Gasteiger partial charge in [0, 0.05) is 17.3 Å². The lowest BCUT2D eigenvalue weighted by Gasteiger charge is -2.21. The largest absolute Gasteiger partial charge is 0.363 e. The van der Waals surface area contributed by atoms with Crippen LogP contribution in [-0.2, 0) is 12.8 Å². The minimum Gasteiger partial charge on any atom is -0.363 e. The molecule has 1 aromatic carbocycles. The summed E-state index contributed by atoms with van der Waals surface area (Å²) in [6.07, 6.45) is 6.18. The zero-order valence-electron chi connectivity index (χ0n) is 12.1. The molecule has 1 aliphatic rings. The lowest BCUT2D eigenvalue weighted by molar-refractivity contribution is 0.661. The number of benzene rings is 1.